The minimum absolute atomic E-state index is 0.235. The first-order chi connectivity index (χ1) is 10.2. The van der Waals surface area contributed by atoms with E-state index in [1.165, 1.54) is 19.3 Å². The Bertz CT molecular complexity index is 414. The van der Waals surface area contributed by atoms with E-state index in [9.17, 15) is 0 Å². The van der Waals surface area contributed by atoms with Crippen molar-refractivity contribution >= 4 is 11.6 Å². The highest BCUT2D eigenvalue weighted by molar-refractivity contribution is 5.49. The zero-order valence-electron chi connectivity index (χ0n) is 13.5. The first-order valence-corrected chi connectivity index (χ1v) is 8.19. The average molecular weight is 292 g/mol. The van der Waals surface area contributed by atoms with Crippen LogP contribution in [0.15, 0.2) is 6.07 Å². The van der Waals surface area contributed by atoms with Crippen molar-refractivity contribution in [2.24, 2.45) is 0 Å². The zero-order valence-corrected chi connectivity index (χ0v) is 13.5. The SMILES string of the molecule is CCCNc1cc(NC2(CC)CCC2)nc(COCC)n1. The molecule has 1 aromatic heterocycles. The van der Waals surface area contributed by atoms with Gasteiger partial charge in [-0.05, 0) is 39.0 Å². The van der Waals surface area contributed by atoms with E-state index in [0.29, 0.717) is 13.2 Å². The molecule has 5 heteroatoms. The van der Waals surface area contributed by atoms with E-state index in [4.69, 9.17) is 4.74 Å². The number of rotatable bonds is 9. The van der Waals surface area contributed by atoms with Gasteiger partial charge in [0, 0.05) is 24.8 Å². The normalized spacial score (nSPS) is 16.3. The smallest absolute Gasteiger partial charge is 0.158 e. The topological polar surface area (TPSA) is 59.1 Å². The fourth-order valence-electron chi connectivity index (χ4n) is 2.60. The van der Waals surface area contributed by atoms with Crippen molar-refractivity contribution in [2.45, 2.75) is 65.0 Å². The van der Waals surface area contributed by atoms with E-state index in [1.807, 2.05) is 13.0 Å². The Morgan fingerprint density at radius 2 is 1.95 bits per heavy atom. The summed E-state index contributed by atoms with van der Waals surface area (Å²) < 4.78 is 5.45. The Morgan fingerprint density at radius 3 is 2.52 bits per heavy atom. The molecule has 0 bridgehead atoms. The summed E-state index contributed by atoms with van der Waals surface area (Å²) in [5, 5.41) is 6.97. The minimum Gasteiger partial charge on any atom is -0.374 e. The summed E-state index contributed by atoms with van der Waals surface area (Å²) in [7, 11) is 0. The third kappa shape index (κ3) is 4.30. The number of hydrogen-bond acceptors (Lipinski definition) is 5. The molecule has 118 valence electrons. The molecule has 2 rings (SSSR count). The molecule has 1 aliphatic rings. The average Bonchev–Trinajstić information content (AvgIpc) is 2.46. The molecule has 0 spiro atoms. The summed E-state index contributed by atoms with van der Waals surface area (Å²) in [4.78, 5) is 9.13. The highest BCUT2D eigenvalue weighted by atomic mass is 16.5. The summed E-state index contributed by atoms with van der Waals surface area (Å²) in [6.07, 6.45) is 5.97. The molecule has 0 atom stereocenters. The van der Waals surface area contributed by atoms with Gasteiger partial charge in [0.1, 0.15) is 18.2 Å². The predicted molar refractivity (Wildman–Crippen MR) is 86.6 cm³/mol. The van der Waals surface area contributed by atoms with Crippen LogP contribution in [-0.4, -0.2) is 28.7 Å². The Labute approximate surface area is 127 Å². The number of hydrogen-bond donors (Lipinski definition) is 2. The lowest BCUT2D eigenvalue weighted by Gasteiger charge is -2.42. The Balaban J connectivity index is 2.13. The van der Waals surface area contributed by atoms with E-state index < -0.39 is 0 Å². The molecule has 5 nitrogen and oxygen atoms in total. The highest BCUT2D eigenvalue weighted by Gasteiger charge is 2.35. The largest absolute Gasteiger partial charge is 0.374 e. The molecule has 0 unspecified atom stereocenters. The van der Waals surface area contributed by atoms with Gasteiger partial charge in [-0.25, -0.2) is 9.97 Å². The van der Waals surface area contributed by atoms with Crippen LogP contribution >= 0.6 is 0 Å². The summed E-state index contributed by atoms with van der Waals surface area (Å²) in [6, 6.07) is 2.01. The molecule has 2 N–H and O–H groups in total. The number of nitrogens with zero attached hydrogens (tertiary/aromatic N) is 2. The van der Waals surface area contributed by atoms with E-state index in [0.717, 1.165) is 36.8 Å². The van der Waals surface area contributed by atoms with Gasteiger partial charge in [-0.2, -0.15) is 0 Å². The van der Waals surface area contributed by atoms with Crippen LogP contribution in [0.1, 0.15) is 58.7 Å². The highest BCUT2D eigenvalue weighted by Crippen LogP contribution is 2.37. The van der Waals surface area contributed by atoms with Gasteiger partial charge < -0.3 is 15.4 Å². The first-order valence-electron chi connectivity index (χ1n) is 8.19. The van der Waals surface area contributed by atoms with E-state index >= 15 is 0 Å². The minimum atomic E-state index is 0.235. The van der Waals surface area contributed by atoms with E-state index in [2.05, 4.69) is 34.4 Å². The summed E-state index contributed by atoms with van der Waals surface area (Å²) in [5.41, 5.74) is 0.235. The number of anilines is 2. The lowest BCUT2D eigenvalue weighted by molar-refractivity contribution is 0.128. The summed E-state index contributed by atoms with van der Waals surface area (Å²) >= 11 is 0. The molecule has 1 fully saturated rings. The Morgan fingerprint density at radius 1 is 1.19 bits per heavy atom. The van der Waals surface area contributed by atoms with Crippen LogP contribution in [0.2, 0.25) is 0 Å². The van der Waals surface area contributed by atoms with Crippen molar-refractivity contribution in [3.05, 3.63) is 11.9 Å². The number of aromatic nitrogens is 2. The standard InChI is InChI=1S/C16H28N4O/c1-4-10-17-13-11-14(19-15(18-13)12-21-6-3)20-16(5-2)8-7-9-16/h11H,4-10,12H2,1-3H3,(H2,17,18,19,20). The monoisotopic (exact) mass is 292 g/mol. The van der Waals surface area contributed by atoms with Gasteiger partial charge in [-0.3, -0.25) is 0 Å². The summed E-state index contributed by atoms with van der Waals surface area (Å²) in [5.74, 6) is 2.54. The van der Waals surface area contributed by atoms with Crippen LogP contribution in [0.4, 0.5) is 11.6 Å². The van der Waals surface area contributed by atoms with Gasteiger partial charge in [0.25, 0.3) is 0 Å². The molecule has 1 heterocycles. The third-order valence-corrected chi connectivity index (χ3v) is 4.14. The van der Waals surface area contributed by atoms with Crippen molar-refractivity contribution < 1.29 is 4.74 Å². The molecule has 1 aliphatic carbocycles. The molecule has 0 saturated heterocycles. The predicted octanol–water partition coefficient (Wildman–Crippen LogP) is 3.58. The van der Waals surface area contributed by atoms with Crippen LogP contribution in [0.5, 0.6) is 0 Å². The van der Waals surface area contributed by atoms with Crippen molar-refractivity contribution in [2.75, 3.05) is 23.8 Å². The molecule has 0 amide bonds. The van der Waals surface area contributed by atoms with Gasteiger partial charge >= 0.3 is 0 Å². The maximum Gasteiger partial charge on any atom is 0.158 e. The molecule has 1 saturated carbocycles. The van der Waals surface area contributed by atoms with Crippen molar-refractivity contribution in [1.29, 1.82) is 0 Å². The fraction of sp³-hybridized carbons (Fsp3) is 0.750. The van der Waals surface area contributed by atoms with Crippen molar-refractivity contribution in [1.82, 2.24) is 9.97 Å². The molecule has 21 heavy (non-hydrogen) atoms. The van der Waals surface area contributed by atoms with Gasteiger partial charge in [-0.15, -0.1) is 0 Å². The molecular formula is C16H28N4O. The second kappa shape index (κ2) is 7.59. The Hall–Kier alpha value is -1.36. The van der Waals surface area contributed by atoms with Gasteiger partial charge in [0.15, 0.2) is 5.82 Å². The molecular weight excluding hydrogens is 264 g/mol. The molecule has 1 aromatic rings. The van der Waals surface area contributed by atoms with Crippen molar-refractivity contribution in [3.8, 4) is 0 Å². The van der Waals surface area contributed by atoms with Crippen molar-refractivity contribution in [3.63, 3.8) is 0 Å². The molecule has 0 aliphatic heterocycles. The van der Waals surface area contributed by atoms with E-state index in [-0.39, 0.29) is 5.54 Å². The van der Waals surface area contributed by atoms with Gasteiger partial charge in [0.2, 0.25) is 0 Å². The quantitative estimate of drug-likeness (QED) is 0.728. The lowest BCUT2D eigenvalue weighted by Crippen LogP contribution is -2.44. The molecule has 0 radical (unpaired) electrons. The van der Waals surface area contributed by atoms with Crippen LogP contribution < -0.4 is 10.6 Å². The van der Waals surface area contributed by atoms with Crippen LogP contribution in [0.3, 0.4) is 0 Å². The summed E-state index contributed by atoms with van der Waals surface area (Å²) in [6.45, 7) is 8.44. The molecule has 0 aromatic carbocycles. The Kier molecular flexibility index (Phi) is 5.79. The second-order valence-corrected chi connectivity index (χ2v) is 5.73. The maximum atomic E-state index is 5.45. The zero-order chi connectivity index (χ0) is 15.1. The van der Waals surface area contributed by atoms with Gasteiger partial charge in [0.05, 0.1) is 0 Å². The van der Waals surface area contributed by atoms with E-state index in [1.54, 1.807) is 0 Å². The fourth-order valence-corrected chi connectivity index (χ4v) is 2.60. The maximum absolute atomic E-state index is 5.45. The van der Waals surface area contributed by atoms with Crippen LogP contribution in [-0.2, 0) is 11.3 Å². The number of ether oxygens (including phenoxy) is 1. The first kappa shape index (κ1) is 16.0. The third-order valence-electron chi connectivity index (χ3n) is 4.14. The van der Waals surface area contributed by atoms with Gasteiger partial charge in [-0.1, -0.05) is 13.8 Å². The lowest BCUT2D eigenvalue weighted by atomic mass is 9.75. The second-order valence-electron chi connectivity index (χ2n) is 5.73. The van der Waals surface area contributed by atoms with Crippen LogP contribution in [0.25, 0.3) is 0 Å². The van der Waals surface area contributed by atoms with Crippen LogP contribution in [0, 0.1) is 0 Å². The number of nitrogens with one attached hydrogen (secondary N) is 2.